The van der Waals surface area contributed by atoms with Gasteiger partial charge < -0.3 is 19.9 Å². The third-order valence-electron chi connectivity index (χ3n) is 7.37. The molecular weight excluding hydrogens is 422 g/mol. The Balaban J connectivity index is 0.00000158. The van der Waals surface area contributed by atoms with Crippen molar-refractivity contribution in [3.8, 4) is 5.75 Å². The second kappa shape index (κ2) is 12.7. The van der Waals surface area contributed by atoms with Gasteiger partial charge in [0.05, 0.1) is 19.3 Å². The van der Waals surface area contributed by atoms with Crippen molar-refractivity contribution in [1.29, 1.82) is 0 Å². The molecule has 0 heterocycles. The topological polar surface area (TPSA) is 53.7 Å². The average molecular weight is 468 g/mol. The van der Waals surface area contributed by atoms with Gasteiger partial charge >= 0.3 is 0 Å². The number of hydrogen-bond donors (Lipinski definition) is 1. The van der Waals surface area contributed by atoms with Crippen LogP contribution in [-0.2, 0) is 22.3 Å². The van der Waals surface area contributed by atoms with Crippen molar-refractivity contribution < 1.29 is 14.2 Å². The molecule has 4 rings (SSSR count). The van der Waals surface area contributed by atoms with Crippen molar-refractivity contribution in [2.24, 2.45) is 17.1 Å². The molecular formula is C30H45NO3. The SMILES string of the molecule is CC(OCCOC1CCC(c2ccccc2)CC1)Oc1ccc2c(c1)CC(C(C)(C)C)C2.CN. The van der Waals surface area contributed by atoms with Gasteiger partial charge in [-0.1, -0.05) is 57.2 Å². The molecule has 1 fully saturated rings. The number of benzene rings is 2. The van der Waals surface area contributed by atoms with Gasteiger partial charge in [0.15, 0.2) is 6.29 Å². The molecule has 2 unspecified atom stereocenters. The Morgan fingerprint density at radius 1 is 0.882 bits per heavy atom. The molecule has 1 saturated carbocycles. The van der Waals surface area contributed by atoms with Gasteiger partial charge in [0, 0.05) is 0 Å². The van der Waals surface area contributed by atoms with Crippen LogP contribution in [0.25, 0.3) is 0 Å². The third-order valence-corrected chi connectivity index (χ3v) is 7.37. The predicted molar refractivity (Wildman–Crippen MR) is 140 cm³/mol. The highest BCUT2D eigenvalue weighted by Gasteiger charge is 2.31. The molecule has 2 aromatic rings. The zero-order chi connectivity index (χ0) is 24.6. The van der Waals surface area contributed by atoms with Gasteiger partial charge in [-0.05, 0) is 98.6 Å². The van der Waals surface area contributed by atoms with Gasteiger partial charge in [-0.15, -0.1) is 0 Å². The first-order chi connectivity index (χ1) is 16.4. The monoisotopic (exact) mass is 467 g/mol. The molecule has 0 spiro atoms. The van der Waals surface area contributed by atoms with E-state index in [1.807, 2.05) is 6.92 Å². The normalized spacial score (nSPS) is 22.9. The summed E-state index contributed by atoms with van der Waals surface area (Å²) in [5.41, 5.74) is 9.23. The molecule has 2 aliphatic rings. The van der Waals surface area contributed by atoms with Gasteiger partial charge in [0.2, 0.25) is 0 Å². The summed E-state index contributed by atoms with van der Waals surface area (Å²) in [7, 11) is 1.50. The van der Waals surface area contributed by atoms with Crippen LogP contribution >= 0.6 is 0 Å². The maximum absolute atomic E-state index is 6.09. The molecule has 4 heteroatoms. The Morgan fingerprint density at radius 3 is 2.24 bits per heavy atom. The van der Waals surface area contributed by atoms with Crippen LogP contribution in [0.4, 0.5) is 0 Å². The van der Waals surface area contributed by atoms with Crippen molar-refractivity contribution in [2.45, 2.75) is 84.5 Å². The molecule has 2 aromatic carbocycles. The summed E-state index contributed by atoms with van der Waals surface area (Å²) in [6.45, 7) is 10.2. The van der Waals surface area contributed by atoms with Crippen LogP contribution in [0.2, 0.25) is 0 Å². The van der Waals surface area contributed by atoms with E-state index >= 15 is 0 Å². The van der Waals surface area contributed by atoms with E-state index in [9.17, 15) is 0 Å². The van der Waals surface area contributed by atoms with Crippen molar-refractivity contribution in [3.05, 3.63) is 65.2 Å². The average Bonchev–Trinajstić information content (AvgIpc) is 3.28. The van der Waals surface area contributed by atoms with Gasteiger partial charge in [-0.2, -0.15) is 0 Å². The molecule has 0 aliphatic heterocycles. The quantitative estimate of drug-likeness (QED) is 0.355. The van der Waals surface area contributed by atoms with Crippen molar-refractivity contribution in [3.63, 3.8) is 0 Å². The Labute approximate surface area is 207 Å². The maximum atomic E-state index is 6.09. The molecule has 2 atom stereocenters. The minimum Gasteiger partial charge on any atom is -0.465 e. The smallest absolute Gasteiger partial charge is 0.197 e. The molecule has 0 aromatic heterocycles. The first-order valence-corrected chi connectivity index (χ1v) is 13.0. The van der Waals surface area contributed by atoms with Crippen LogP contribution in [0.15, 0.2) is 48.5 Å². The lowest BCUT2D eigenvalue weighted by atomic mass is 9.79. The molecule has 0 radical (unpaired) electrons. The fourth-order valence-corrected chi connectivity index (χ4v) is 5.22. The van der Waals surface area contributed by atoms with Crippen LogP contribution in [0, 0.1) is 11.3 Å². The highest BCUT2D eigenvalue weighted by molar-refractivity contribution is 5.39. The number of ether oxygens (including phenoxy) is 3. The predicted octanol–water partition coefficient (Wildman–Crippen LogP) is 6.51. The zero-order valence-electron chi connectivity index (χ0n) is 21.9. The lowest BCUT2D eigenvalue weighted by molar-refractivity contribution is -0.0944. The highest BCUT2D eigenvalue weighted by Crippen LogP contribution is 2.39. The van der Waals surface area contributed by atoms with Crippen LogP contribution in [0.5, 0.6) is 5.75 Å². The van der Waals surface area contributed by atoms with E-state index in [0.29, 0.717) is 36.6 Å². The molecule has 0 amide bonds. The summed E-state index contributed by atoms with van der Waals surface area (Å²) >= 11 is 0. The largest absolute Gasteiger partial charge is 0.465 e. The summed E-state index contributed by atoms with van der Waals surface area (Å²) < 4.78 is 18.0. The lowest BCUT2D eigenvalue weighted by Crippen LogP contribution is -2.24. The third kappa shape index (κ3) is 7.56. The van der Waals surface area contributed by atoms with E-state index < -0.39 is 0 Å². The van der Waals surface area contributed by atoms with Crippen molar-refractivity contribution >= 4 is 0 Å². The van der Waals surface area contributed by atoms with Gasteiger partial charge in [-0.3, -0.25) is 0 Å². The second-order valence-electron chi connectivity index (χ2n) is 10.7. The van der Waals surface area contributed by atoms with Crippen LogP contribution < -0.4 is 10.5 Å². The summed E-state index contributed by atoms with van der Waals surface area (Å²) in [5, 5.41) is 0. The zero-order valence-corrected chi connectivity index (χ0v) is 21.9. The van der Waals surface area contributed by atoms with Gasteiger partial charge in [0.25, 0.3) is 0 Å². The summed E-state index contributed by atoms with van der Waals surface area (Å²) in [5.74, 6) is 2.30. The molecule has 188 valence electrons. The molecule has 2 aliphatic carbocycles. The molecule has 34 heavy (non-hydrogen) atoms. The van der Waals surface area contributed by atoms with Crippen LogP contribution in [0.1, 0.15) is 76.0 Å². The molecule has 4 nitrogen and oxygen atoms in total. The maximum Gasteiger partial charge on any atom is 0.197 e. The van der Waals surface area contributed by atoms with E-state index in [-0.39, 0.29) is 6.29 Å². The van der Waals surface area contributed by atoms with E-state index in [2.05, 4.69) is 75.0 Å². The van der Waals surface area contributed by atoms with Crippen LogP contribution in [-0.4, -0.2) is 32.7 Å². The minimum atomic E-state index is -0.273. The summed E-state index contributed by atoms with van der Waals surface area (Å²) in [6.07, 6.45) is 7.11. The Hall–Kier alpha value is -1.88. The molecule has 0 saturated heterocycles. The summed E-state index contributed by atoms with van der Waals surface area (Å²) in [6, 6.07) is 17.4. The van der Waals surface area contributed by atoms with Crippen molar-refractivity contribution in [2.75, 3.05) is 20.3 Å². The first-order valence-electron chi connectivity index (χ1n) is 13.0. The Bertz CT molecular complexity index is 853. The van der Waals surface area contributed by atoms with E-state index in [4.69, 9.17) is 14.2 Å². The number of fused-ring (bicyclic) bond motifs is 1. The first kappa shape index (κ1) is 26.7. The minimum absolute atomic E-state index is 0.273. The highest BCUT2D eigenvalue weighted by atomic mass is 16.7. The van der Waals surface area contributed by atoms with E-state index in [1.165, 1.54) is 43.0 Å². The molecule has 2 N–H and O–H groups in total. The van der Waals surface area contributed by atoms with Gasteiger partial charge in [-0.25, -0.2) is 0 Å². The second-order valence-corrected chi connectivity index (χ2v) is 10.7. The Kier molecular flexibility index (Phi) is 9.99. The molecule has 0 bridgehead atoms. The number of rotatable bonds is 8. The van der Waals surface area contributed by atoms with Crippen LogP contribution in [0.3, 0.4) is 0 Å². The fraction of sp³-hybridized carbons (Fsp3) is 0.600. The fourth-order valence-electron chi connectivity index (χ4n) is 5.22. The lowest BCUT2D eigenvalue weighted by Gasteiger charge is -2.29. The van der Waals surface area contributed by atoms with Crippen molar-refractivity contribution in [1.82, 2.24) is 0 Å². The van der Waals surface area contributed by atoms with E-state index in [0.717, 1.165) is 25.0 Å². The number of nitrogens with two attached hydrogens (primary N) is 1. The van der Waals surface area contributed by atoms with Gasteiger partial charge in [0.1, 0.15) is 5.75 Å². The van der Waals surface area contributed by atoms with E-state index in [1.54, 1.807) is 0 Å². The summed E-state index contributed by atoms with van der Waals surface area (Å²) in [4.78, 5) is 0. The Morgan fingerprint density at radius 2 is 1.56 bits per heavy atom. The number of hydrogen-bond acceptors (Lipinski definition) is 4. The standard InChI is InChI=1S/C29H40O3.CH5N/c1-21(32-28-15-12-24-18-26(29(2,3)4)19-25(24)20-28)30-16-17-31-27-13-10-23(11-14-27)22-8-6-5-7-9-22;1-2/h5-9,12,15,20-21,23,26-27H,10-11,13-14,16-19H2,1-4H3;2H2,1H3.